The van der Waals surface area contributed by atoms with Gasteiger partial charge >= 0.3 is 0 Å². The summed E-state index contributed by atoms with van der Waals surface area (Å²) in [4.78, 5) is 12.9. The largest absolute Gasteiger partial charge is 0.347 e. The van der Waals surface area contributed by atoms with Gasteiger partial charge in [-0.05, 0) is 49.9 Å². The summed E-state index contributed by atoms with van der Waals surface area (Å²) >= 11 is 0. The summed E-state index contributed by atoms with van der Waals surface area (Å²) in [5, 5.41) is 2.99. The van der Waals surface area contributed by atoms with Gasteiger partial charge in [-0.3, -0.25) is 9.10 Å². The van der Waals surface area contributed by atoms with Gasteiger partial charge in [-0.2, -0.15) is 0 Å². The van der Waals surface area contributed by atoms with E-state index in [0.29, 0.717) is 12.1 Å². The molecule has 1 amide bonds. The third-order valence-corrected chi connectivity index (χ3v) is 5.84. The quantitative estimate of drug-likeness (QED) is 0.786. The summed E-state index contributed by atoms with van der Waals surface area (Å²) < 4.78 is 26.2. The molecule has 27 heavy (non-hydrogen) atoms. The van der Waals surface area contributed by atoms with E-state index >= 15 is 0 Å². The van der Waals surface area contributed by atoms with Crippen molar-refractivity contribution in [3.63, 3.8) is 0 Å². The van der Waals surface area contributed by atoms with Gasteiger partial charge in [0.25, 0.3) is 0 Å². The Balaban J connectivity index is 2.34. The maximum atomic E-state index is 12.9. The lowest BCUT2D eigenvalue weighted by atomic mass is 10.0. The summed E-state index contributed by atoms with van der Waals surface area (Å²) in [6.45, 7) is 7.35. The molecule has 6 heteroatoms. The maximum absolute atomic E-state index is 12.9. The van der Waals surface area contributed by atoms with Crippen LogP contribution < -0.4 is 9.62 Å². The summed E-state index contributed by atoms with van der Waals surface area (Å²) in [5.74, 6) is -0.322. The molecule has 2 aromatic carbocycles. The molecular weight excluding hydrogens is 360 g/mol. The number of rotatable bonds is 7. The number of hydrogen-bond acceptors (Lipinski definition) is 3. The van der Waals surface area contributed by atoms with Crippen LogP contribution in [-0.4, -0.2) is 26.6 Å². The molecule has 5 nitrogen and oxygen atoms in total. The third kappa shape index (κ3) is 5.10. The van der Waals surface area contributed by atoms with Gasteiger partial charge in [0.05, 0.1) is 18.0 Å². The number of aryl methyl sites for hydroxylation is 2. The topological polar surface area (TPSA) is 66.5 Å². The Morgan fingerprint density at radius 1 is 1.11 bits per heavy atom. The lowest BCUT2D eigenvalue weighted by molar-refractivity contribution is -0.122. The predicted octanol–water partition coefficient (Wildman–Crippen LogP) is 3.73. The van der Waals surface area contributed by atoms with E-state index in [-0.39, 0.29) is 11.9 Å². The molecule has 0 aliphatic rings. The Labute approximate surface area is 162 Å². The van der Waals surface area contributed by atoms with Crippen molar-refractivity contribution in [2.24, 2.45) is 0 Å². The summed E-state index contributed by atoms with van der Waals surface area (Å²) in [6.07, 6.45) is 1.85. The molecule has 146 valence electrons. The summed E-state index contributed by atoms with van der Waals surface area (Å²) in [6, 6.07) is 14.2. The van der Waals surface area contributed by atoms with Gasteiger partial charge in [-0.1, -0.05) is 49.4 Å². The highest BCUT2D eigenvalue weighted by Crippen LogP contribution is 2.27. The van der Waals surface area contributed by atoms with Gasteiger partial charge in [-0.25, -0.2) is 8.42 Å². The van der Waals surface area contributed by atoms with Crippen LogP contribution in [-0.2, 0) is 14.8 Å². The number of anilines is 1. The number of hydrogen-bond donors (Lipinski definition) is 1. The van der Waals surface area contributed by atoms with E-state index in [2.05, 4.69) is 5.32 Å². The van der Waals surface area contributed by atoms with Crippen LogP contribution in [0.2, 0.25) is 0 Å². The third-order valence-electron chi connectivity index (χ3n) is 4.62. The molecule has 0 unspecified atom stereocenters. The van der Waals surface area contributed by atoms with E-state index in [1.807, 2.05) is 63.2 Å². The van der Waals surface area contributed by atoms with Gasteiger partial charge in [0, 0.05) is 0 Å². The smallest absolute Gasteiger partial charge is 0.244 e. The number of carbonyl (C=O) groups excluding carboxylic acids is 1. The van der Waals surface area contributed by atoms with Crippen molar-refractivity contribution in [3.05, 3.63) is 65.2 Å². The second kappa shape index (κ2) is 8.57. The first-order chi connectivity index (χ1) is 12.6. The Bertz CT molecular complexity index is 895. The Morgan fingerprint density at radius 2 is 1.74 bits per heavy atom. The summed E-state index contributed by atoms with van der Waals surface area (Å²) in [7, 11) is -3.64. The molecule has 0 heterocycles. The Morgan fingerprint density at radius 3 is 2.30 bits per heavy atom. The first kappa shape index (κ1) is 21.0. The van der Waals surface area contributed by atoms with E-state index in [0.717, 1.165) is 22.9 Å². The predicted molar refractivity (Wildman–Crippen MR) is 110 cm³/mol. The number of nitrogens with zero attached hydrogens (tertiary/aromatic N) is 1. The molecule has 0 spiro atoms. The van der Waals surface area contributed by atoms with Crippen LogP contribution in [0, 0.1) is 13.8 Å². The molecule has 2 aromatic rings. The first-order valence-electron chi connectivity index (χ1n) is 9.07. The Hall–Kier alpha value is -2.34. The minimum Gasteiger partial charge on any atom is -0.347 e. The molecule has 0 aliphatic heterocycles. The fourth-order valence-corrected chi connectivity index (χ4v) is 4.36. The lowest BCUT2D eigenvalue weighted by Crippen LogP contribution is -2.48. The highest BCUT2D eigenvalue weighted by atomic mass is 32.2. The second-order valence-corrected chi connectivity index (χ2v) is 8.76. The van der Waals surface area contributed by atoms with Crippen LogP contribution in [0.3, 0.4) is 0 Å². The normalized spacial score (nSPS) is 13.7. The van der Waals surface area contributed by atoms with Crippen molar-refractivity contribution in [1.82, 2.24) is 5.32 Å². The van der Waals surface area contributed by atoms with Crippen LogP contribution in [0.25, 0.3) is 0 Å². The molecule has 0 radical (unpaired) electrons. The van der Waals surface area contributed by atoms with Crippen molar-refractivity contribution in [3.8, 4) is 0 Å². The van der Waals surface area contributed by atoms with Crippen LogP contribution in [0.1, 0.15) is 43.0 Å². The van der Waals surface area contributed by atoms with Gasteiger partial charge < -0.3 is 5.32 Å². The average Bonchev–Trinajstić information content (AvgIpc) is 2.62. The van der Waals surface area contributed by atoms with E-state index in [1.54, 1.807) is 13.0 Å². The zero-order valence-electron chi connectivity index (χ0n) is 16.6. The van der Waals surface area contributed by atoms with Crippen molar-refractivity contribution >= 4 is 21.6 Å². The second-order valence-electron chi connectivity index (χ2n) is 6.90. The number of amides is 1. The van der Waals surface area contributed by atoms with E-state index in [9.17, 15) is 13.2 Å². The Kier molecular flexibility index (Phi) is 6.65. The van der Waals surface area contributed by atoms with Gasteiger partial charge in [0.15, 0.2) is 0 Å². The van der Waals surface area contributed by atoms with Crippen LogP contribution in [0.15, 0.2) is 48.5 Å². The average molecular weight is 389 g/mol. The summed E-state index contributed by atoms with van der Waals surface area (Å²) in [5.41, 5.74) is 3.28. The number of benzene rings is 2. The zero-order chi connectivity index (χ0) is 20.2. The number of sulfonamides is 1. The van der Waals surface area contributed by atoms with Crippen LogP contribution in [0.4, 0.5) is 5.69 Å². The molecular formula is C21H28N2O3S. The molecule has 0 fully saturated rings. The van der Waals surface area contributed by atoms with Gasteiger partial charge in [0.1, 0.15) is 6.04 Å². The zero-order valence-corrected chi connectivity index (χ0v) is 17.4. The van der Waals surface area contributed by atoms with Crippen molar-refractivity contribution in [2.45, 2.75) is 46.2 Å². The standard InChI is InChI=1S/C21H28N2O3S/c1-6-19(18-10-8-7-9-11-18)22-21(24)17(4)23(27(5,25)26)20-14-15(2)12-13-16(20)3/h7-14,17,19H,6H2,1-5H3,(H,22,24)/t17-,19+/m1/s1. The monoisotopic (exact) mass is 388 g/mol. The van der Waals surface area contributed by atoms with Gasteiger partial charge in [0.2, 0.25) is 15.9 Å². The SMILES string of the molecule is CC[C@H](NC(=O)[C@@H](C)N(c1cc(C)ccc1C)S(C)(=O)=O)c1ccccc1. The lowest BCUT2D eigenvalue weighted by Gasteiger charge is -2.31. The van der Waals surface area contributed by atoms with Crippen LogP contribution >= 0.6 is 0 Å². The first-order valence-corrected chi connectivity index (χ1v) is 10.9. The molecule has 0 aromatic heterocycles. The number of carbonyl (C=O) groups is 1. The minimum absolute atomic E-state index is 0.166. The van der Waals surface area contributed by atoms with Crippen molar-refractivity contribution < 1.29 is 13.2 Å². The highest BCUT2D eigenvalue weighted by Gasteiger charge is 2.31. The fourth-order valence-electron chi connectivity index (χ4n) is 3.14. The van der Waals surface area contributed by atoms with E-state index in [4.69, 9.17) is 0 Å². The van der Waals surface area contributed by atoms with E-state index in [1.165, 1.54) is 4.31 Å². The molecule has 0 aliphatic carbocycles. The van der Waals surface area contributed by atoms with Crippen LogP contribution in [0.5, 0.6) is 0 Å². The highest BCUT2D eigenvalue weighted by molar-refractivity contribution is 7.92. The van der Waals surface area contributed by atoms with Crippen molar-refractivity contribution in [2.75, 3.05) is 10.6 Å². The number of nitrogens with one attached hydrogen (secondary N) is 1. The van der Waals surface area contributed by atoms with Crippen molar-refractivity contribution in [1.29, 1.82) is 0 Å². The fraction of sp³-hybridized carbons (Fsp3) is 0.381. The molecule has 2 atom stereocenters. The maximum Gasteiger partial charge on any atom is 0.244 e. The molecule has 1 N–H and O–H groups in total. The molecule has 0 saturated heterocycles. The molecule has 2 rings (SSSR count). The van der Waals surface area contributed by atoms with E-state index < -0.39 is 16.1 Å². The molecule has 0 bridgehead atoms. The van der Waals surface area contributed by atoms with Gasteiger partial charge in [-0.15, -0.1) is 0 Å². The minimum atomic E-state index is -3.64. The molecule has 0 saturated carbocycles.